The van der Waals surface area contributed by atoms with Crippen molar-refractivity contribution in [2.45, 2.75) is 31.9 Å². The molecule has 132 valence electrons. The summed E-state index contributed by atoms with van der Waals surface area (Å²) < 4.78 is 5.04. The summed E-state index contributed by atoms with van der Waals surface area (Å²) >= 11 is 0. The van der Waals surface area contributed by atoms with E-state index in [-0.39, 0.29) is 17.5 Å². The number of amides is 1. The summed E-state index contributed by atoms with van der Waals surface area (Å²) in [5, 5.41) is 16.2. The SMILES string of the molecule is COCc1nc(C2CCCCN2C(=O)c2cccc(C(=O)O)c2)n[nH]1. The molecule has 1 amide bonds. The maximum atomic E-state index is 12.9. The number of hydrogen-bond donors (Lipinski definition) is 2. The number of aromatic nitrogens is 3. The van der Waals surface area contributed by atoms with Crippen molar-refractivity contribution in [1.29, 1.82) is 0 Å². The van der Waals surface area contributed by atoms with Crippen LogP contribution < -0.4 is 0 Å². The van der Waals surface area contributed by atoms with Gasteiger partial charge in [-0.1, -0.05) is 6.07 Å². The molecule has 1 aliphatic heterocycles. The van der Waals surface area contributed by atoms with Crippen molar-refractivity contribution in [1.82, 2.24) is 20.1 Å². The number of methoxy groups -OCH3 is 1. The summed E-state index contributed by atoms with van der Waals surface area (Å²) in [5.74, 6) is -0.0771. The second kappa shape index (κ2) is 7.43. The summed E-state index contributed by atoms with van der Waals surface area (Å²) in [6.07, 6.45) is 2.66. The largest absolute Gasteiger partial charge is 0.478 e. The Morgan fingerprint density at radius 1 is 1.36 bits per heavy atom. The summed E-state index contributed by atoms with van der Waals surface area (Å²) in [4.78, 5) is 30.2. The number of likely N-dealkylation sites (tertiary alicyclic amines) is 1. The molecule has 2 N–H and O–H groups in total. The highest BCUT2D eigenvalue weighted by Crippen LogP contribution is 2.30. The molecule has 0 saturated carbocycles. The lowest BCUT2D eigenvalue weighted by Crippen LogP contribution is -2.39. The van der Waals surface area contributed by atoms with Crippen LogP contribution in [0.15, 0.2) is 24.3 Å². The lowest BCUT2D eigenvalue weighted by atomic mass is 9.99. The highest BCUT2D eigenvalue weighted by molar-refractivity contribution is 5.97. The highest BCUT2D eigenvalue weighted by Gasteiger charge is 2.31. The van der Waals surface area contributed by atoms with E-state index >= 15 is 0 Å². The van der Waals surface area contributed by atoms with E-state index in [2.05, 4.69) is 15.2 Å². The number of piperidine rings is 1. The molecule has 1 saturated heterocycles. The Hall–Kier alpha value is -2.74. The Morgan fingerprint density at radius 2 is 2.16 bits per heavy atom. The van der Waals surface area contributed by atoms with Crippen LogP contribution in [0.25, 0.3) is 0 Å². The van der Waals surface area contributed by atoms with Crippen LogP contribution in [0.5, 0.6) is 0 Å². The normalized spacial score (nSPS) is 17.5. The fourth-order valence-electron chi connectivity index (χ4n) is 3.05. The van der Waals surface area contributed by atoms with Gasteiger partial charge in [0.25, 0.3) is 5.91 Å². The molecule has 2 aromatic rings. The number of carboxylic acid groups (broad SMARTS) is 1. The summed E-state index contributed by atoms with van der Waals surface area (Å²) in [5.41, 5.74) is 0.458. The highest BCUT2D eigenvalue weighted by atomic mass is 16.5. The van der Waals surface area contributed by atoms with Gasteiger partial charge < -0.3 is 14.7 Å². The smallest absolute Gasteiger partial charge is 0.335 e. The van der Waals surface area contributed by atoms with Crippen molar-refractivity contribution in [3.8, 4) is 0 Å². The molecule has 3 rings (SSSR count). The van der Waals surface area contributed by atoms with Crippen LogP contribution in [0.2, 0.25) is 0 Å². The second-order valence-corrected chi connectivity index (χ2v) is 5.97. The van der Waals surface area contributed by atoms with Crippen molar-refractivity contribution in [2.24, 2.45) is 0 Å². The van der Waals surface area contributed by atoms with Crippen molar-refractivity contribution >= 4 is 11.9 Å². The van der Waals surface area contributed by atoms with E-state index < -0.39 is 5.97 Å². The minimum atomic E-state index is -1.05. The van der Waals surface area contributed by atoms with Crippen LogP contribution in [0.3, 0.4) is 0 Å². The number of carbonyl (C=O) groups excluding carboxylic acids is 1. The van der Waals surface area contributed by atoms with Gasteiger partial charge in [0.05, 0.1) is 11.6 Å². The van der Waals surface area contributed by atoms with E-state index in [0.717, 1.165) is 19.3 Å². The zero-order chi connectivity index (χ0) is 17.8. The lowest BCUT2D eigenvalue weighted by Gasteiger charge is -2.34. The topological polar surface area (TPSA) is 108 Å². The third-order valence-corrected chi connectivity index (χ3v) is 4.25. The van der Waals surface area contributed by atoms with E-state index in [0.29, 0.717) is 30.4 Å². The molecule has 8 heteroatoms. The molecule has 25 heavy (non-hydrogen) atoms. The number of hydrogen-bond acceptors (Lipinski definition) is 5. The van der Waals surface area contributed by atoms with Crippen molar-refractivity contribution in [2.75, 3.05) is 13.7 Å². The average Bonchev–Trinajstić information content (AvgIpc) is 3.10. The van der Waals surface area contributed by atoms with E-state index in [1.54, 1.807) is 24.1 Å². The Bertz CT molecular complexity index is 774. The number of aromatic amines is 1. The quantitative estimate of drug-likeness (QED) is 0.859. The van der Waals surface area contributed by atoms with Crippen molar-refractivity contribution in [3.63, 3.8) is 0 Å². The molecule has 2 heterocycles. The van der Waals surface area contributed by atoms with Gasteiger partial charge in [0.15, 0.2) is 11.6 Å². The van der Waals surface area contributed by atoms with Crippen LogP contribution >= 0.6 is 0 Å². The molecule has 0 bridgehead atoms. The first-order valence-electron chi connectivity index (χ1n) is 8.14. The van der Waals surface area contributed by atoms with Crippen LogP contribution in [0.1, 0.15) is 57.7 Å². The van der Waals surface area contributed by atoms with Crippen LogP contribution in [0, 0.1) is 0 Å². The van der Waals surface area contributed by atoms with Gasteiger partial charge in [0.2, 0.25) is 0 Å². The zero-order valence-corrected chi connectivity index (χ0v) is 13.9. The molecule has 1 unspecified atom stereocenters. The minimum Gasteiger partial charge on any atom is -0.478 e. The van der Waals surface area contributed by atoms with E-state index in [9.17, 15) is 9.59 Å². The Labute approximate surface area is 144 Å². The van der Waals surface area contributed by atoms with Crippen LogP contribution in [0.4, 0.5) is 0 Å². The molecular weight excluding hydrogens is 324 g/mol. The van der Waals surface area contributed by atoms with Crippen molar-refractivity contribution in [3.05, 3.63) is 47.0 Å². The number of benzene rings is 1. The standard InChI is InChI=1S/C17H20N4O4/c1-25-10-14-18-15(20-19-14)13-7-2-3-8-21(13)16(22)11-5-4-6-12(9-11)17(23)24/h4-6,9,13H,2-3,7-8,10H2,1H3,(H,23,24)(H,18,19,20). The molecule has 1 fully saturated rings. The third kappa shape index (κ3) is 3.69. The van der Waals surface area contributed by atoms with Gasteiger partial charge in [0.1, 0.15) is 6.61 Å². The first-order chi connectivity index (χ1) is 12.1. The number of ether oxygens (including phenoxy) is 1. The summed E-state index contributed by atoms with van der Waals surface area (Å²) in [6.45, 7) is 0.920. The van der Waals surface area contributed by atoms with Crippen LogP contribution in [-0.4, -0.2) is 50.7 Å². The van der Waals surface area contributed by atoms with E-state index in [4.69, 9.17) is 9.84 Å². The molecule has 1 atom stereocenters. The van der Waals surface area contributed by atoms with Gasteiger partial charge in [0, 0.05) is 19.2 Å². The minimum absolute atomic E-state index is 0.0969. The van der Waals surface area contributed by atoms with Gasteiger partial charge in [-0.15, -0.1) is 0 Å². The first kappa shape index (κ1) is 17.1. The van der Waals surface area contributed by atoms with Gasteiger partial charge >= 0.3 is 5.97 Å². The molecule has 1 aliphatic rings. The summed E-state index contributed by atoms with van der Waals surface area (Å²) in [7, 11) is 1.58. The van der Waals surface area contributed by atoms with Crippen LogP contribution in [-0.2, 0) is 11.3 Å². The molecule has 8 nitrogen and oxygen atoms in total. The molecular formula is C17H20N4O4. The molecule has 1 aromatic carbocycles. The predicted octanol–water partition coefficient (Wildman–Crippen LogP) is 2.02. The fraction of sp³-hybridized carbons (Fsp3) is 0.412. The number of carbonyl (C=O) groups is 2. The van der Waals surface area contributed by atoms with E-state index in [1.165, 1.54) is 12.1 Å². The van der Waals surface area contributed by atoms with E-state index in [1.807, 2.05) is 0 Å². The second-order valence-electron chi connectivity index (χ2n) is 5.97. The molecule has 0 aliphatic carbocycles. The number of H-pyrrole nitrogens is 1. The number of carboxylic acids is 1. The van der Waals surface area contributed by atoms with Gasteiger partial charge in [-0.25, -0.2) is 9.78 Å². The number of aromatic carboxylic acids is 1. The maximum Gasteiger partial charge on any atom is 0.335 e. The van der Waals surface area contributed by atoms with Gasteiger partial charge in [-0.05, 0) is 37.5 Å². The lowest BCUT2D eigenvalue weighted by molar-refractivity contribution is 0.0600. The number of nitrogens with zero attached hydrogens (tertiary/aromatic N) is 3. The Kier molecular flexibility index (Phi) is 5.08. The Morgan fingerprint density at radius 3 is 2.92 bits per heavy atom. The fourth-order valence-corrected chi connectivity index (χ4v) is 3.05. The summed E-state index contributed by atoms with van der Waals surface area (Å²) in [6, 6.07) is 5.87. The Balaban J connectivity index is 1.85. The first-order valence-corrected chi connectivity index (χ1v) is 8.14. The molecule has 1 aromatic heterocycles. The maximum absolute atomic E-state index is 12.9. The zero-order valence-electron chi connectivity index (χ0n) is 13.9. The van der Waals surface area contributed by atoms with Gasteiger partial charge in [-0.2, -0.15) is 5.10 Å². The monoisotopic (exact) mass is 344 g/mol. The molecule has 0 spiro atoms. The number of rotatable bonds is 5. The average molecular weight is 344 g/mol. The third-order valence-electron chi connectivity index (χ3n) is 4.25. The predicted molar refractivity (Wildman–Crippen MR) is 88.1 cm³/mol. The van der Waals surface area contributed by atoms with Gasteiger partial charge in [-0.3, -0.25) is 9.89 Å². The van der Waals surface area contributed by atoms with Crippen molar-refractivity contribution < 1.29 is 19.4 Å². The molecule has 0 radical (unpaired) electrons. The number of nitrogens with one attached hydrogen (secondary N) is 1.